The average Bonchev–Trinajstić information content (AvgIpc) is 2.47. The van der Waals surface area contributed by atoms with Crippen LogP contribution in [-0.4, -0.2) is 32.3 Å². The van der Waals surface area contributed by atoms with Crippen molar-refractivity contribution in [1.29, 1.82) is 0 Å². The molecule has 1 aromatic rings. The van der Waals surface area contributed by atoms with Gasteiger partial charge in [0.05, 0.1) is 0 Å². The molecule has 1 aliphatic heterocycles. The van der Waals surface area contributed by atoms with Crippen molar-refractivity contribution >= 4 is 5.96 Å². The van der Waals surface area contributed by atoms with Gasteiger partial charge in [-0.05, 0) is 30.5 Å². The maximum Gasteiger partial charge on any atom is 0.188 e. The molecule has 0 fully saturated rings. The molecule has 0 aliphatic carbocycles. The fourth-order valence-corrected chi connectivity index (χ4v) is 1.99. The minimum atomic E-state index is 0.524. The molecule has 0 saturated carbocycles. The van der Waals surface area contributed by atoms with Crippen LogP contribution in [0.3, 0.4) is 0 Å². The molecule has 5 heteroatoms. The van der Waals surface area contributed by atoms with Crippen LogP contribution in [-0.2, 0) is 6.42 Å². The second-order valence-electron chi connectivity index (χ2n) is 4.78. The highest BCUT2D eigenvalue weighted by molar-refractivity contribution is 5.77. The van der Waals surface area contributed by atoms with Gasteiger partial charge in [0.25, 0.3) is 0 Å². The molecular formula is C15H23N3O2. The predicted octanol–water partition coefficient (Wildman–Crippen LogP) is 1.70. The number of unbranched alkanes of at least 4 members (excludes halogenated alkanes) is 1. The summed E-state index contributed by atoms with van der Waals surface area (Å²) in [7, 11) is 0. The van der Waals surface area contributed by atoms with Gasteiger partial charge in [-0.2, -0.15) is 0 Å². The first-order valence-electron chi connectivity index (χ1n) is 7.22. The Bertz CT molecular complexity index is 460. The lowest BCUT2D eigenvalue weighted by molar-refractivity contribution is 0.171. The molecule has 0 atom stereocenters. The molecule has 0 saturated heterocycles. The zero-order valence-electron chi connectivity index (χ0n) is 12.0. The average molecular weight is 277 g/mol. The number of ether oxygens (including phenoxy) is 2. The molecule has 20 heavy (non-hydrogen) atoms. The summed E-state index contributed by atoms with van der Waals surface area (Å²) in [5.41, 5.74) is 6.98. The van der Waals surface area contributed by atoms with E-state index >= 15 is 0 Å². The van der Waals surface area contributed by atoms with Gasteiger partial charge in [-0.3, -0.25) is 4.99 Å². The van der Waals surface area contributed by atoms with Crippen molar-refractivity contribution in [2.24, 2.45) is 10.7 Å². The van der Waals surface area contributed by atoms with E-state index < -0.39 is 0 Å². The molecule has 0 unspecified atom stereocenters. The molecule has 0 bridgehead atoms. The van der Waals surface area contributed by atoms with Crippen LogP contribution in [0.15, 0.2) is 23.2 Å². The molecule has 0 spiro atoms. The SMILES string of the molecule is CCCCN=C(N)NCCc1ccc2c(c1)OCCO2. The summed E-state index contributed by atoms with van der Waals surface area (Å²) in [5, 5.41) is 3.13. The Labute approximate surface area is 120 Å². The van der Waals surface area contributed by atoms with Crippen molar-refractivity contribution in [2.45, 2.75) is 26.2 Å². The molecule has 2 rings (SSSR count). The van der Waals surface area contributed by atoms with Crippen LogP contribution in [0, 0.1) is 0 Å². The van der Waals surface area contributed by atoms with Gasteiger partial charge in [0.15, 0.2) is 17.5 Å². The van der Waals surface area contributed by atoms with E-state index in [0.29, 0.717) is 19.2 Å². The number of nitrogens with two attached hydrogens (primary N) is 1. The van der Waals surface area contributed by atoms with Crippen molar-refractivity contribution in [2.75, 3.05) is 26.3 Å². The topological polar surface area (TPSA) is 68.9 Å². The van der Waals surface area contributed by atoms with Crippen LogP contribution in [0.25, 0.3) is 0 Å². The zero-order valence-corrected chi connectivity index (χ0v) is 12.0. The summed E-state index contributed by atoms with van der Waals surface area (Å²) in [6, 6.07) is 6.04. The highest BCUT2D eigenvalue weighted by atomic mass is 16.6. The van der Waals surface area contributed by atoms with Gasteiger partial charge in [-0.25, -0.2) is 0 Å². The Kier molecular flexibility index (Phi) is 5.53. The molecule has 0 aromatic heterocycles. The van der Waals surface area contributed by atoms with E-state index in [1.54, 1.807) is 0 Å². The molecule has 1 aliphatic rings. The highest BCUT2D eigenvalue weighted by Gasteiger charge is 2.11. The van der Waals surface area contributed by atoms with E-state index in [2.05, 4.69) is 23.3 Å². The normalized spacial score (nSPS) is 14.2. The number of guanidine groups is 1. The Morgan fingerprint density at radius 3 is 2.90 bits per heavy atom. The summed E-state index contributed by atoms with van der Waals surface area (Å²) in [6.45, 7) is 4.94. The molecule has 0 amide bonds. The van der Waals surface area contributed by atoms with Crippen molar-refractivity contribution < 1.29 is 9.47 Å². The van der Waals surface area contributed by atoms with Crippen LogP contribution >= 0.6 is 0 Å². The maximum absolute atomic E-state index is 5.78. The summed E-state index contributed by atoms with van der Waals surface area (Å²) < 4.78 is 11.1. The number of benzene rings is 1. The lowest BCUT2D eigenvalue weighted by Gasteiger charge is -2.18. The van der Waals surface area contributed by atoms with Gasteiger partial charge in [0.1, 0.15) is 13.2 Å². The fourth-order valence-electron chi connectivity index (χ4n) is 1.99. The Hall–Kier alpha value is -1.91. The standard InChI is InChI=1S/C15H23N3O2/c1-2-3-7-17-15(16)18-8-6-12-4-5-13-14(11-12)20-10-9-19-13/h4-5,11H,2-3,6-10H2,1H3,(H3,16,17,18). The van der Waals surface area contributed by atoms with E-state index in [0.717, 1.165) is 43.9 Å². The van der Waals surface area contributed by atoms with Crippen molar-refractivity contribution in [3.63, 3.8) is 0 Å². The second kappa shape index (κ2) is 7.62. The lowest BCUT2D eigenvalue weighted by Crippen LogP contribution is -2.33. The second-order valence-corrected chi connectivity index (χ2v) is 4.78. The molecule has 1 heterocycles. The van der Waals surface area contributed by atoms with Gasteiger partial charge in [0.2, 0.25) is 0 Å². The summed E-state index contributed by atoms with van der Waals surface area (Å²) in [6.07, 6.45) is 3.08. The van der Waals surface area contributed by atoms with Crippen LogP contribution < -0.4 is 20.5 Å². The number of nitrogens with zero attached hydrogens (tertiary/aromatic N) is 1. The van der Waals surface area contributed by atoms with E-state index in [1.165, 1.54) is 5.56 Å². The summed E-state index contributed by atoms with van der Waals surface area (Å²) in [4.78, 5) is 4.25. The molecule has 0 radical (unpaired) electrons. The molecule has 110 valence electrons. The highest BCUT2D eigenvalue weighted by Crippen LogP contribution is 2.30. The monoisotopic (exact) mass is 277 g/mol. The van der Waals surface area contributed by atoms with Gasteiger partial charge in [-0.15, -0.1) is 0 Å². The van der Waals surface area contributed by atoms with Gasteiger partial charge < -0.3 is 20.5 Å². The van der Waals surface area contributed by atoms with Crippen molar-refractivity contribution in [3.8, 4) is 11.5 Å². The van der Waals surface area contributed by atoms with Gasteiger partial charge >= 0.3 is 0 Å². The van der Waals surface area contributed by atoms with Crippen LogP contribution in [0.4, 0.5) is 0 Å². The van der Waals surface area contributed by atoms with Crippen LogP contribution in [0.1, 0.15) is 25.3 Å². The molecular weight excluding hydrogens is 254 g/mol. The third-order valence-corrected chi connectivity index (χ3v) is 3.12. The van der Waals surface area contributed by atoms with Crippen molar-refractivity contribution in [3.05, 3.63) is 23.8 Å². The minimum absolute atomic E-state index is 0.524. The summed E-state index contributed by atoms with van der Waals surface area (Å²) >= 11 is 0. The fraction of sp³-hybridized carbons (Fsp3) is 0.533. The number of nitrogens with one attached hydrogen (secondary N) is 1. The predicted molar refractivity (Wildman–Crippen MR) is 80.5 cm³/mol. The zero-order chi connectivity index (χ0) is 14.2. The first kappa shape index (κ1) is 14.5. The van der Waals surface area contributed by atoms with E-state index in [4.69, 9.17) is 15.2 Å². The first-order chi connectivity index (χ1) is 9.79. The van der Waals surface area contributed by atoms with E-state index in [9.17, 15) is 0 Å². The third-order valence-electron chi connectivity index (χ3n) is 3.12. The van der Waals surface area contributed by atoms with Crippen LogP contribution in [0.5, 0.6) is 11.5 Å². The molecule has 5 nitrogen and oxygen atoms in total. The van der Waals surface area contributed by atoms with E-state index in [1.807, 2.05) is 12.1 Å². The van der Waals surface area contributed by atoms with Crippen LogP contribution in [0.2, 0.25) is 0 Å². The first-order valence-corrected chi connectivity index (χ1v) is 7.22. The Morgan fingerprint density at radius 1 is 1.30 bits per heavy atom. The summed E-state index contributed by atoms with van der Waals surface area (Å²) in [5.74, 6) is 2.18. The number of fused-ring (bicyclic) bond motifs is 1. The van der Waals surface area contributed by atoms with E-state index in [-0.39, 0.29) is 0 Å². The number of aliphatic imine (C=N–C) groups is 1. The maximum atomic E-state index is 5.78. The van der Waals surface area contributed by atoms with Gasteiger partial charge in [0, 0.05) is 13.1 Å². The Balaban J connectivity index is 1.78. The lowest BCUT2D eigenvalue weighted by atomic mass is 10.1. The molecule has 3 N–H and O–H groups in total. The van der Waals surface area contributed by atoms with Gasteiger partial charge in [-0.1, -0.05) is 19.4 Å². The number of rotatable bonds is 6. The largest absolute Gasteiger partial charge is 0.486 e. The third kappa shape index (κ3) is 4.33. The number of hydrogen-bond donors (Lipinski definition) is 2. The molecule has 1 aromatic carbocycles. The van der Waals surface area contributed by atoms with Crippen molar-refractivity contribution in [1.82, 2.24) is 5.32 Å². The minimum Gasteiger partial charge on any atom is -0.486 e. The Morgan fingerprint density at radius 2 is 2.10 bits per heavy atom. The smallest absolute Gasteiger partial charge is 0.188 e. The quantitative estimate of drug-likeness (QED) is 0.472. The number of hydrogen-bond acceptors (Lipinski definition) is 3.